The Morgan fingerprint density at radius 2 is 2.02 bits per heavy atom. The summed E-state index contributed by atoms with van der Waals surface area (Å²) in [6.45, 7) is 14.3. The van der Waals surface area contributed by atoms with E-state index in [1.807, 2.05) is 51.6 Å². The quantitative estimate of drug-likeness (QED) is 0.416. The zero-order valence-electron chi connectivity index (χ0n) is 26.4. The zero-order valence-corrected chi connectivity index (χ0v) is 26.4. The molecule has 1 aliphatic heterocycles. The van der Waals surface area contributed by atoms with Gasteiger partial charge in [-0.25, -0.2) is 9.07 Å². The highest BCUT2D eigenvalue weighted by Gasteiger charge is 2.41. The van der Waals surface area contributed by atoms with E-state index in [4.69, 9.17) is 24.4 Å². The van der Waals surface area contributed by atoms with Crippen LogP contribution >= 0.6 is 0 Å². The van der Waals surface area contributed by atoms with Crippen molar-refractivity contribution in [3.63, 3.8) is 0 Å². The number of hydrogen-bond donors (Lipinski definition) is 2. The van der Waals surface area contributed by atoms with Crippen LogP contribution in [0.5, 0.6) is 11.8 Å². The van der Waals surface area contributed by atoms with Gasteiger partial charge in [0.25, 0.3) is 0 Å². The van der Waals surface area contributed by atoms with E-state index in [2.05, 4.69) is 22.0 Å². The molecule has 5 rings (SSSR count). The number of hydrogen-bond acceptors (Lipinski definition) is 8. The van der Waals surface area contributed by atoms with E-state index in [9.17, 15) is 5.11 Å². The highest BCUT2D eigenvalue weighted by Crippen LogP contribution is 2.45. The Labute approximate surface area is 252 Å². The Morgan fingerprint density at radius 1 is 1.26 bits per heavy atom. The number of aromatic amines is 1. The Hall–Kier alpha value is -3.48. The van der Waals surface area contributed by atoms with Crippen LogP contribution in [0.15, 0.2) is 6.08 Å². The number of halogens is 1. The summed E-state index contributed by atoms with van der Waals surface area (Å²) in [5, 5.41) is 27.2. The average Bonchev–Trinajstić information content (AvgIpc) is 3.55. The van der Waals surface area contributed by atoms with Crippen LogP contribution in [-0.2, 0) is 43.3 Å². The molecule has 0 fully saturated rings. The second kappa shape index (κ2) is 12.3. The standard InChI is InChI=1S/C31H44FN7O4/c1-9-38-15-20(5)43-30-27(25(17-41-8)35-37(30)7)31(6)12-22-24(33-34-28(22)23(32)13-31)11-10-21-26(16-38)39(14-19(4)40)36-29(21)42-18(2)3/h10-11,13,18-20,40H,9,12,14-17H2,1-8H3,(H,33,34)/b11-10+/t19-,20-,31?/m0/s1. The summed E-state index contributed by atoms with van der Waals surface area (Å²) in [5.41, 5.74) is 4.22. The minimum atomic E-state index is -0.773. The van der Waals surface area contributed by atoms with E-state index in [1.165, 1.54) is 0 Å². The summed E-state index contributed by atoms with van der Waals surface area (Å²) in [4.78, 5) is 2.28. The first-order chi connectivity index (χ1) is 20.4. The van der Waals surface area contributed by atoms with Crippen molar-refractivity contribution in [3.05, 3.63) is 45.5 Å². The van der Waals surface area contributed by atoms with Gasteiger partial charge in [-0.1, -0.05) is 13.8 Å². The van der Waals surface area contributed by atoms with Gasteiger partial charge in [0, 0.05) is 43.8 Å². The van der Waals surface area contributed by atoms with Crippen LogP contribution in [0.1, 0.15) is 81.0 Å². The predicted octanol–water partition coefficient (Wildman–Crippen LogP) is 4.25. The van der Waals surface area contributed by atoms with E-state index in [1.54, 1.807) is 24.8 Å². The predicted molar refractivity (Wildman–Crippen MR) is 162 cm³/mol. The molecule has 1 aliphatic carbocycles. The molecule has 0 aromatic carbocycles. The SMILES string of the molecule is CCN1Cc2c(c(OC(C)C)nn2C[C@H](C)O)/C=C/c2[nH]nc3c2CC(C)(C=C3F)c2c(COC)nn(C)c2O[C@@H](C)C1. The van der Waals surface area contributed by atoms with Crippen molar-refractivity contribution >= 4 is 18.0 Å². The van der Waals surface area contributed by atoms with Crippen molar-refractivity contribution in [2.45, 2.75) is 91.4 Å². The number of aryl methyl sites for hydroxylation is 1. The molecule has 2 bridgehead atoms. The van der Waals surface area contributed by atoms with E-state index >= 15 is 4.39 Å². The molecule has 43 heavy (non-hydrogen) atoms. The van der Waals surface area contributed by atoms with Gasteiger partial charge in [-0.3, -0.25) is 14.7 Å². The number of aliphatic hydroxyl groups is 1. The van der Waals surface area contributed by atoms with Crippen LogP contribution in [-0.4, -0.2) is 78.3 Å². The normalized spacial score (nSPS) is 22.2. The maximum Gasteiger partial charge on any atom is 0.240 e. The first-order valence-corrected chi connectivity index (χ1v) is 15.0. The molecule has 234 valence electrons. The summed E-state index contributed by atoms with van der Waals surface area (Å²) in [7, 11) is 3.47. The molecule has 0 saturated heterocycles. The first kappa shape index (κ1) is 31.0. The Morgan fingerprint density at radius 3 is 2.70 bits per heavy atom. The number of likely N-dealkylation sites (N-methyl/N-ethyl adjacent to an activating group) is 1. The lowest BCUT2D eigenvalue weighted by atomic mass is 9.73. The Bertz CT molecular complexity index is 1520. The van der Waals surface area contributed by atoms with Gasteiger partial charge in [-0.05, 0) is 58.9 Å². The van der Waals surface area contributed by atoms with Crippen LogP contribution in [0.4, 0.5) is 4.39 Å². The van der Waals surface area contributed by atoms with Gasteiger partial charge < -0.3 is 19.3 Å². The van der Waals surface area contributed by atoms with E-state index < -0.39 is 17.3 Å². The lowest BCUT2D eigenvalue weighted by Crippen LogP contribution is -2.35. The highest BCUT2D eigenvalue weighted by atomic mass is 19.1. The topological polar surface area (TPSA) is 115 Å². The number of aromatic nitrogens is 6. The van der Waals surface area contributed by atoms with Crippen LogP contribution in [0.3, 0.4) is 0 Å². The van der Waals surface area contributed by atoms with Crippen molar-refractivity contribution in [2.24, 2.45) is 7.05 Å². The number of aliphatic hydroxyl groups excluding tert-OH is 1. The second-order valence-corrected chi connectivity index (χ2v) is 12.2. The largest absolute Gasteiger partial charge is 0.473 e. The number of rotatable bonds is 7. The van der Waals surface area contributed by atoms with Gasteiger partial charge in [-0.15, -0.1) is 5.10 Å². The molecule has 12 heteroatoms. The van der Waals surface area contributed by atoms with Crippen molar-refractivity contribution in [1.82, 2.24) is 34.7 Å². The molecule has 11 nitrogen and oxygen atoms in total. The van der Waals surface area contributed by atoms with E-state index in [0.29, 0.717) is 54.9 Å². The second-order valence-electron chi connectivity index (χ2n) is 12.2. The molecular weight excluding hydrogens is 553 g/mol. The summed E-state index contributed by atoms with van der Waals surface area (Å²) >= 11 is 0. The number of H-pyrrole nitrogens is 1. The number of fused-ring (bicyclic) bond motifs is 4. The zero-order chi connectivity index (χ0) is 31.1. The third-order valence-electron chi connectivity index (χ3n) is 7.95. The summed E-state index contributed by atoms with van der Waals surface area (Å²) in [6.07, 6.45) is 5.04. The fourth-order valence-electron chi connectivity index (χ4n) is 6.14. The molecule has 0 amide bonds. The van der Waals surface area contributed by atoms with Crippen molar-refractivity contribution in [3.8, 4) is 11.8 Å². The van der Waals surface area contributed by atoms with Crippen LogP contribution < -0.4 is 9.47 Å². The minimum Gasteiger partial charge on any atom is -0.473 e. The number of nitrogens with one attached hydrogen (secondary N) is 1. The van der Waals surface area contributed by atoms with Gasteiger partial charge in [0.05, 0.1) is 48.0 Å². The number of ether oxygens (including phenoxy) is 3. The number of nitrogens with zero attached hydrogens (tertiary/aromatic N) is 6. The van der Waals surface area contributed by atoms with Gasteiger partial charge in [-0.2, -0.15) is 10.2 Å². The fraction of sp³-hybridized carbons (Fsp3) is 0.581. The first-order valence-electron chi connectivity index (χ1n) is 15.0. The molecule has 2 aliphatic rings. The molecule has 3 aromatic rings. The molecule has 2 N–H and O–H groups in total. The van der Waals surface area contributed by atoms with Crippen LogP contribution in [0.25, 0.3) is 18.0 Å². The lowest BCUT2D eigenvalue weighted by Gasteiger charge is -2.32. The van der Waals surface area contributed by atoms with E-state index in [-0.39, 0.29) is 18.8 Å². The van der Waals surface area contributed by atoms with Gasteiger partial charge in [0.1, 0.15) is 17.6 Å². The van der Waals surface area contributed by atoms with Crippen molar-refractivity contribution in [2.75, 3.05) is 20.2 Å². The Balaban J connectivity index is 1.72. The third-order valence-corrected chi connectivity index (χ3v) is 7.95. The molecule has 3 aromatic heterocycles. The minimum absolute atomic E-state index is 0.104. The highest BCUT2D eigenvalue weighted by molar-refractivity contribution is 5.77. The molecule has 4 heterocycles. The third kappa shape index (κ3) is 6.13. The van der Waals surface area contributed by atoms with E-state index in [0.717, 1.165) is 28.9 Å². The molecule has 0 saturated carbocycles. The van der Waals surface area contributed by atoms with Crippen molar-refractivity contribution in [1.29, 1.82) is 0 Å². The lowest BCUT2D eigenvalue weighted by molar-refractivity contribution is 0.128. The van der Waals surface area contributed by atoms with Crippen LogP contribution in [0, 0.1) is 0 Å². The molecule has 0 radical (unpaired) electrons. The smallest absolute Gasteiger partial charge is 0.240 e. The van der Waals surface area contributed by atoms with Gasteiger partial charge in [0.2, 0.25) is 11.8 Å². The number of allylic oxidation sites excluding steroid dienone is 1. The summed E-state index contributed by atoms with van der Waals surface area (Å²) in [5.74, 6) is 0.675. The molecular formula is C31H44FN7O4. The number of methoxy groups -OCH3 is 1. The molecule has 1 unspecified atom stereocenters. The summed E-state index contributed by atoms with van der Waals surface area (Å²) in [6, 6.07) is 0. The van der Waals surface area contributed by atoms with Gasteiger partial charge in [0.15, 0.2) is 0 Å². The maximum absolute atomic E-state index is 15.8. The fourth-order valence-corrected chi connectivity index (χ4v) is 6.14. The maximum atomic E-state index is 15.8. The van der Waals surface area contributed by atoms with Gasteiger partial charge >= 0.3 is 0 Å². The molecule has 0 spiro atoms. The Kier molecular flexibility index (Phi) is 8.82. The monoisotopic (exact) mass is 597 g/mol. The molecule has 3 atom stereocenters. The summed E-state index contributed by atoms with van der Waals surface area (Å²) < 4.78 is 37.7. The van der Waals surface area contributed by atoms with Crippen LogP contribution in [0.2, 0.25) is 0 Å². The average molecular weight is 598 g/mol. The van der Waals surface area contributed by atoms with Crippen molar-refractivity contribution < 1.29 is 23.7 Å².